The van der Waals surface area contributed by atoms with Crippen molar-refractivity contribution in [3.8, 4) is 0 Å². The van der Waals surface area contributed by atoms with E-state index < -0.39 is 0 Å². The van der Waals surface area contributed by atoms with Crippen LogP contribution < -0.4 is 5.32 Å². The van der Waals surface area contributed by atoms with Gasteiger partial charge in [0.05, 0.1) is 6.17 Å². The highest BCUT2D eigenvalue weighted by Crippen LogP contribution is 2.26. The highest BCUT2D eigenvalue weighted by Gasteiger charge is 2.39. The van der Waals surface area contributed by atoms with Gasteiger partial charge in [-0.25, -0.2) is 0 Å². The molecule has 1 N–H and O–H groups in total. The van der Waals surface area contributed by atoms with Gasteiger partial charge in [-0.2, -0.15) is 0 Å². The van der Waals surface area contributed by atoms with Crippen LogP contribution in [0.25, 0.3) is 0 Å². The third-order valence-electron chi connectivity index (χ3n) is 3.64. The molecule has 0 radical (unpaired) electrons. The molecule has 18 heavy (non-hydrogen) atoms. The standard InChI is InChI=1S/C15H22N2O/c1-4-8-11(2)17-12(3)16-14(15(17)18)13-9-6-5-7-10-13/h5-7,9-12,14,16H,4,8H2,1-3H3. The molecular weight excluding hydrogens is 224 g/mol. The maximum atomic E-state index is 12.5. The zero-order valence-electron chi connectivity index (χ0n) is 11.4. The smallest absolute Gasteiger partial charge is 0.245 e. The summed E-state index contributed by atoms with van der Waals surface area (Å²) in [6.07, 6.45) is 2.27. The summed E-state index contributed by atoms with van der Waals surface area (Å²) in [5, 5.41) is 3.39. The topological polar surface area (TPSA) is 32.3 Å². The largest absolute Gasteiger partial charge is 0.323 e. The lowest BCUT2D eigenvalue weighted by Gasteiger charge is -2.27. The van der Waals surface area contributed by atoms with Crippen LogP contribution in [0.2, 0.25) is 0 Å². The average molecular weight is 246 g/mol. The number of benzene rings is 1. The normalized spacial score (nSPS) is 25.5. The summed E-state index contributed by atoms with van der Waals surface area (Å²) >= 11 is 0. The fourth-order valence-electron chi connectivity index (χ4n) is 2.77. The van der Waals surface area contributed by atoms with E-state index in [4.69, 9.17) is 0 Å². The molecule has 0 spiro atoms. The molecule has 1 aromatic carbocycles. The van der Waals surface area contributed by atoms with Crippen LogP contribution in [-0.4, -0.2) is 23.0 Å². The van der Waals surface area contributed by atoms with Crippen molar-refractivity contribution in [2.75, 3.05) is 0 Å². The number of nitrogens with zero attached hydrogens (tertiary/aromatic N) is 1. The van der Waals surface area contributed by atoms with E-state index in [0.29, 0.717) is 6.04 Å². The molecule has 1 amide bonds. The minimum atomic E-state index is -0.180. The van der Waals surface area contributed by atoms with Crippen molar-refractivity contribution >= 4 is 5.91 Å². The summed E-state index contributed by atoms with van der Waals surface area (Å²) in [5.41, 5.74) is 1.06. The van der Waals surface area contributed by atoms with Crippen LogP contribution in [0.15, 0.2) is 30.3 Å². The Balaban J connectivity index is 2.16. The minimum absolute atomic E-state index is 0.115. The van der Waals surface area contributed by atoms with Gasteiger partial charge in [-0.05, 0) is 25.8 Å². The Morgan fingerprint density at radius 3 is 2.61 bits per heavy atom. The molecule has 0 saturated carbocycles. The third-order valence-corrected chi connectivity index (χ3v) is 3.64. The van der Waals surface area contributed by atoms with Crippen LogP contribution in [0, 0.1) is 0 Å². The first kappa shape index (κ1) is 13.1. The Morgan fingerprint density at radius 2 is 2.00 bits per heavy atom. The van der Waals surface area contributed by atoms with Gasteiger partial charge >= 0.3 is 0 Å². The molecule has 1 aliphatic heterocycles. The van der Waals surface area contributed by atoms with Gasteiger partial charge in [-0.3, -0.25) is 10.1 Å². The SMILES string of the molecule is CCCC(C)N1C(=O)C(c2ccccc2)NC1C. The maximum absolute atomic E-state index is 12.5. The van der Waals surface area contributed by atoms with E-state index in [9.17, 15) is 4.79 Å². The second-order valence-electron chi connectivity index (χ2n) is 5.07. The molecule has 3 unspecified atom stereocenters. The lowest BCUT2D eigenvalue weighted by molar-refractivity contribution is -0.132. The predicted octanol–water partition coefficient (Wildman–Crippen LogP) is 2.69. The summed E-state index contributed by atoms with van der Waals surface area (Å²) in [7, 11) is 0. The van der Waals surface area contributed by atoms with Crippen LogP contribution in [0.5, 0.6) is 0 Å². The molecule has 0 aromatic heterocycles. The van der Waals surface area contributed by atoms with Crippen LogP contribution in [0.4, 0.5) is 0 Å². The van der Waals surface area contributed by atoms with E-state index in [0.717, 1.165) is 18.4 Å². The van der Waals surface area contributed by atoms with E-state index in [1.165, 1.54) is 0 Å². The number of carbonyl (C=O) groups is 1. The summed E-state index contributed by atoms with van der Waals surface area (Å²) in [4.78, 5) is 14.5. The van der Waals surface area contributed by atoms with Gasteiger partial charge in [0, 0.05) is 6.04 Å². The number of hydrogen-bond acceptors (Lipinski definition) is 2. The molecule has 1 aliphatic rings. The molecule has 3 nitrogen and oxygen atoms in total. The molecule has 3 heteroatoms. The Labute approximate surface area is 109 Å². The Bertz CT molecular complexity index is 404. The molecule has 1 fully saturated rings. The van der Waals surface area contributed by atoms with Gasteiger partial charge < -0.3 is 4.90 Å². The summed E-state index contributed by atoms with van der Waals surface area (Å²) in [5.74, 6) is 0.203. The van der Waals surface area contributed by atoms with Crippen molar-refractivity contribution in [2.45, 2.75) is 51.9 Å². The average Bonchev–Trinajstić information content (AvgIpc) is 2.66. The molecule has 2 rings (SSSR count). The molecular formula is C15H22N2O. The van der Waals surface area contributed by atoms with Gasteiger partial charge in [0.25, 0.3) is 0 Å². The summed E-state index contributed by atoms with van der Waals surface area (Å²) < 4.78 is 0. The molecule has 1 heterocycles. The van der Waals surface area contributed by atoms with Crippen molar-refractivity contribution in [3.05, 3.63) is 35.9 Å². The van der Waals surface area contributed by atoms with E-state index >= 15 is 0 Å². The fraction of sp³-hybridized carbons (Fsp3) is 0.533. The molecule has 98 valence electrons. The highest BCUT2D eigenvalue weighted by molar-refractivity contribution is 5.85. The first-order valence-corrected chi connectivity index (χ1v) is 6.78. The lowest BCUT2D eigenvalue weighted by Crippen LogP contribution is -2.41. The molecule has 0 bridgehead atoms. The molecule has 3 atom stereocenters. The van der Waals surface area contributed by atoms with E-state index in [-0.39, 0.29) is 18.1 Å². The van der Waals surface area contributed by atoms with E-state index in [1.54, 1.807) is 0 Å². The van der Waals surface area contributed by atoms with Crippen molar-refractivity contribution in [1.29, 1.82) is 0 Å². The van der Waals surface area contributed by atoms with Gasteiger partial charge in [0.15, 0.2) is 0 Å². The lowest BCUT2D eigenvalue weighted by atomic mass is 10.1. The third kappa shape index (κ3) is 2.41. The number of nitrogens with one attached hydrogen (secondary N) is 1. The number of carbonyl (C=O) groups excluding carboxylic acids is 1. The van der Waals surface area contributed by atoms with Crippen molar-refractivity contribution in [2.24, 2.45) is 0 Å². The number of amides is 1. The van der Waals surface area contributed by atoms with Crippen LogP contribution >= 0.6 is 0 Å². The van der Waals surface area contributed by atoms with Gasteiger partial charge in [0.2, 0.25) is 5.91 Å². The van der Waals surface area contributed by atoms with Crippen molar-refractivity contribution in [3.63, 3.8) is 0 Å². The Morgan fingerprint density at radius 1 is 1.33 bits per heavy atom. The van der Waals surface area contributed by atoms with Gasteiger partial charge in [-0.15, -0.1) is 0 Å². The van der Waals surface area contributed by atoms with Crippen molar-refractivity contribution < 1.29 is 4.79 Å². The monoisotopic (exact) mass is 246 g/mol. The van der Waals surface area contributed by atoms with E-state index in [2.05, 4.69) is 26.1 Å². The fourth-order valence-corrected chi connectivity index (χ4v) is 2.77. The second-order valence-corrected chi connectivity index (χ2v) is 5.07. The molecule has 0 aliphatic carbocycles. The number of hydrogen-bond donors (Lipinski definition) is 1. The molecule has 1 aromatic rings. The molecule has 1 saturated heterocycles. The Hall–Kier alpha value is -1.35. The quantitative estimate of drug-likeness (QED) is 0.886. The first-order chi connectivity index (χ1) is 8.65. The van der Waals surface area contributed by atoms with Crippen LogP contribution in [0.3, 0.4) is 0 Å². The van der Waals surface area contributed by atoms with Crippen LogP contribution in [0.1, 0.15) is 45.2 Å². The van der Waals surface area contributed by atoms with Crippen LogP contribution in [-0.2, 0) is 4.79 Å². The zero-order chi connectivity index (χ0) is 13.1. The summed E-state index contributed by atoms with van der Waals surface area (Å²) in [6, 6.07) is 10.1. The predicted molar refractivity (Wildman–Crippen MR) is 73.0 cm³/mol. The van der Waals surface area contributed by atoms with Crippen molar-refractivity contribution in [1.82, 2.24) is 10.2 Å². The first-order valence-electron chi connectivity index (χ1n) is 6.78. The minimum Gasteiger partial charge on any atom is -0.323 e. The maximum Gasteiger partial charge on any atom is 0.245 e. The van der Waals surface area contributed by atoms with E-state index in [1.807, 2.05) is 35.2 Å². The second kappa shape index (κ2) is 5.53. The number of rotatable bonds is 4. The Kier molecular flexibility index (Phi) is 4.02. The highest BCUT2D eigenvalue weighted by atomic mass is 16.2. The van der Waals surface area contributed by atoms with Gasteiger partial charge in [-0.1, -0.05) is 43.7 Å². The van der Waals surface area contributed by atoms with Gasteiger partial charge in [0.1, 0.15) is 6.04 Å². The zero-order valence-corrected chi connectivity index (χ0v) is 11.4. The summed E-state index contributed by atoms with van der Waals surface area (Å²) in [6.45, 7) is 6.35.